The fourth-order valence-electron chi connectivity index (χ4n) is 3.59. The van der Waals surface area contributed by atoms with Gasteiger partial charge in [0.15, 0.2) is 17.0 Å². The molecule has 2 aromatic heterocycles. The zero-order valence-electron chi connectivity index (χ0n) is 19.5. The Morgan fingerprint density at radius 2 is 2.18 bits per heavy atom. The summed E-state index contributed by atoms with van der Waals surface area (Å²) in [4.78, 5) is 26.6. The molecule has 0 radical (unpaired) electrons. The minimum atomic E-state index is -2.09. The highest BCUT2D eigenvalue weighted by molar-refractivity contribution is 8.02. The Kier molecular flexibility index (Phi) is 7.90. The van der Waals surface area contributed by atoms with Crippen LogP contribution in [0.5, 0.6) is 0 Å². The number of aromatic nitrogens is 4. The van der Waals surface area contributed by atoms with Crippen molar-refractivity contribution in [2.75, 3.05) is 31.3 Å². The van der Waals surface area contributed by atoms with Gasteiger partial charge in [-0.25, -0.2) is 9.37 Å². The molecule has 33 heavy (non-hydrogen) atoms. The first-order valence-corrected chi connectivity index (χ1v) is 13.1. The minimum Gasteiger partial charge on any atom is -0.462 e. The van der Waals surface area contributed by atoms with Gasteiger partial charge in [0.2, 0.25) is 11.8 Å². The lowest BCUT2D eigenvalue weighted by molar-refractivity contribution is -0.171. The number of hydrogen-bond acceptors (Lipinski definition) is 10. The monoisotopic (exact) mass is 503 g/mol. The van der Waals surface area contributed by atoms with Crippen LogP contribution in [0.15, 0.2) is 6.33 Å². The summed E-state index contributed by atoms with van der Waals surface area (Å²) in [5.74, 6) is -2.05. The summed E-state index contributed by atoms with van der Waals surface area (Å²) >= 11 is 5.27. The standard InChI is InChI=1S/C19H31FN7O4PS/c1-10(2)30-17(28)12(4)25-32(33)29-8-19(20)7-11(3)16(31-19)27-9-22-13-14(26(5)6)23-18(21)24-15(13)27/h9-12,16,32H,7-8H2,1-6H3,(H,25,33)(H2,21,23,24)/t11-,12-,16+,19-/m0/s1. The van der Waals surface area contributed by atoms with Gasteiger partial charge in [-0.3, -0.25) is 14.4 Å². The molecular weight excluding hydrogens is 472 g/mol. The molecule has 1 aliphatic heterocycles. The first-order valence-electron chi connectivity index (χ1n) is 10.6. The molecule has 0 amide bonds. The SMILES string of the molecule is CC(C)OC(=O)[C@H](C)N[PH](=S)OC[C@]1(F)C[C@H](C)[C@H](n2cnc3c(N(C)C)nc(N)nc32)O1. The molecule has 3 rings (SSSR count). The van der Waals surface area contributed by atoms with Crippen molar-refractivity contribution >= 4 is 47.8 Å². The highest BCUT2D eigenvalue weighted by atomic mass is 32.4. The third-order valence-electron chi connectivity index (χ3n) is 5.02. The van der Waals surface area contributed by atoms with Crippen LogP contribution in [0.25, 0.3) is 11.2 Å². The number of anilines is 2. The Bertz CT molecular complexity index is 1040. The van der Waals surface area contributed by atoms with Gasteiger partial charge in [0.1, 0.15) is 26.0 Å². The average Bonchev–Trinajstić information content (AvgIpc) is 3.25. The summed E-state index contributed by atoms with van der Waals surface area (Å²) in [5, 5.41) is 2.87. The molecule has 5 atom stereocenters. The van der Waals surface area contributed by atoms with E-state index in [-0.39, 0.29) is 31.0 Å². The van der Waals surface area contributed by atoms with E-state index >= 15 is 4.39 Å². The van der Waals surface area contributed by atoms with Crippen LogP contribution in [0.2, 0.25) is 0 Å². The van der Waals surface area contributed by atoms with E-state index in [0.29, 0.717) is 17.0 Å². The Balaban J connectivity index is 1.68. The van der Waals surface area contributed by atoms with Gasteiger partial charge in [-0.15, -0.1) is 0 Å². The number of nitrogen functional groups attached to an aromatic ring is 1. The predicted molar refractivity (Wildman–Crippen MR) is 127 cm³/mol. The van der Waals surface area contributed by atoms with Crippen LogP contribution >= 0.6 is 7.07 Å². The fraction of sp³-hybridized carbons (Fsp3) is 0.684. The van der Waals surface area contributed by atoms with Crippen molar-refractivity contribution in [3.63, 3.8) is 0 Å². The molecule has 11 nitrogen and oxygen atoms in total. The van der Waals surface area contributed by atoms with Crippen LogP contribution in [0, 0.1) is 5.92 Å². The number of rotatable bonds is 9. The summed E-state index contributed by atoms with van der Waals surface area (Å²) in [7, 11) is 1.56. The highest BCUT2D eigenvalue weighted by Crippen LogP contribution is 2.44. The minimum absolute atomic E-state index is 0.0861. The van der Waals surface area contributed by atoms with Gasteiger partial charge in [0.05, 0.1) is 12.4 Å². The van der Waals surface area contributed by atoms with Gasteiger partial charge >= 0.3 is 5.97 Å². The summed E-state index contributed by atoms with van der Waals surface area (Å²) in [6.45, 7) is 6.65. The quantitative estimate of drug-likeness (QED) is 0.386. The smallest absolute Gasteiger partial charge is 0.323 e. The molecule has 1 aliphatic rings. The van der Waals surface area contributed by atoms with Crippen LogP contribution in [-0.2, 0) is 30.6 Å². The van der Waals surface area contributed by atoms with Crippen molar-refractivity contribution < 1.29 is 23.2 Å². The molecule has 1 fully saturated rings. The second kappa shape index (κ2) is 10.1. The molecule has 1 unspecified atom stereocenters. The second-order valence-corrected chi connectivity index (χ2v) is 10.9. The maximum absolute atomic E-state index is 15.5. The number of nitrogens with two attached hydrogens (primary N) is 1. The normalized spacial score (nSPS) is 24.8. The predicted octanol–water partition coefficient (Wildman–Crippen LogP) is 2.15. The van der Waals surface area contributed by atoms with Gasteiger partial charge in [-0.1, -0.05) is 18.7 Å². The number of nitrogens with zero attached hydrogens (tertiary/aromatic N) is 5. The Labute approximate surface area is 197 Å². The third-order valence-corrected chi connectivity index (χ3v) is 6.80. The molecule has 0 bridgehead atoms. The van der Waals surface area contributed by atoms with Crippen molar-refractivity contribution in [2.45, 2.75) is 58.3 Å². The van der Waals surface area contributed by atoms with Crippen LogP contribution in [0.3, 0.4) is 0 Å². The van der Waals surface area contributed by atoms with Crippen molar-refractivity contribution in [3.05, 3.63) is 6.33 Å². The summed E-state index contributed by atoms with van der Waals surface area (Å²) in [5.41, 5.74) is 6.87. The lowest BCUT2D eigenvalue weighted by Gasteiger charge is -2.23. The number of halogens is 1. The lowest BCUT2D eigenvalue weighted by atomic mass is 10.1. The van der Waals surface area contributed by atoms with Crippen molar-refractivity contribution in [2.24, 2.45) is 5.92 Å². The number of hydrogen-bond donors (Lipinski definition) is 2. The Morgan fingerprint density at radius 3 is 2.82 bits per heavy atom. The van der Waals surface area contributed by atoms with E-state index < -0.39 is 31.2 Å². The van der Waals surface area contributed by atoms with Crippen molar-refractivity contribution in [1.29, 1.82) is 0 Å². The second-order valence-electron chi connectivity index (χ2n) is 8.62. The average molecular weight is 504 g/mol. The van der Waals surface area contributed by atoms with Crippen LogP contribution in [0.4, 0.5) is 16.2 Å². The molecule has 2 aromatic rings. The molecule has 14 heteroatoms. The number of fused-ring (bicyclic) bond motifs is 1. The van der Waals surface area contributed by atoms with Gasteiger partial charge in [-0.05, 0) is 20.8 Å². The molecule has 3 heterocycles. The number of nitrogens with one attached hydrogen (secondary N) is 1. The van der Waals surface area contributed by atoms with E-state index in [4.69, 9.17) is 31.5 Å². The zero-order chi connectivity index (χ0) is 24.5. The first-order chi connectivity index (χ1) is 15.4. The lowest BCUT2D eigenvalue weighted by Crippen LogP contribution is -2.34. The molecule has 0 aliphatic carbocycles. The van der Waals surface area contributed by atoms with Crippen molar-refractivity contribution in [1.82, 2.24) is 24.6 Å². The number of alkyl halides is 1. The van der Waals surface area contributed by atoms with E-state index in [0.717, 1.165) is 0 Å². The first kappa shape index (κ1) is 25.7. The van der Waals surface area contributed by atoms with Crippen LogP contribution in [-0.4, -0.2) is 64.2 Å². The van der Waals surface area contributed by atoms with Gasteiger partial charge < -0.3 is 24.6 Å². The molecule has 3 N–H and O–H groups in total. The largest absolute Gasteiger partial charge is 0.462 e. The molecule has 184 valence electrons. The Morgan fingerprint density at radius 1 is 1.48 bits per heavy atom. The van der Waals surface area contributed by atoms with Crippen LogP contribution < -0.4 is 15.7 Å². The zero-order valence-corrected chi connectivity index (χ0v) is 21.4. The maximum atomic E-state index is 15.5. The van der Waals surface area contributed by atoms with Crippen LogP contribution in [0.1, 0.15) is 40.3 Å². The number of carbonyl (C=O) groups is 1. The maximum Gasteiger partial charge on any atom is 0.323 e. The van der Waals surface area contributed by atoms with Gasteiger partial charge in [-0.2, -0.15) is 9.97 Å². The number of carbonyl (C=O) groups excluding carboxylic acids is 1. The molecular formula is C19H31FN7O4PS. The van der Waals surface area contributed by atoms with E-state index in [1.54, 1.807) is 36.6 Å². The summed E-state index contributed by atoms with van der Waals surface area (Å²) < 4.78 is 33.6. The number of esters is 1. The van der Waals surface area contributed by atoms with Gasteiger partial charge in [0.25, 0.3) is 0 Å². The Hall–Kier alpha value is -1.92. The van der Waals surface area contributed by atoms with Gasteiger partial charge in [0, 0.05) is 26.4 Å². The van der Waals surface area contributed by atoms with E-state index in [1.807, 2.05) is 21.0 Å². The number of ether oxygens (including phenoxy) is 2. The van der Waals surface area contributed by atoms with E-state index in [9.17, 15) is 4.79 Å². The summed E-state index contributed by atoms with van der Waals surface area (Å²) in [6.07, 6.45) is 0.734. The highest BCUT2D eigenvalue weighted by Gasteiger charge is 2.47. The molecule has 1 saturated heterocycles. The van der Waals surface area contributed by atoms with E-state index in [2.05, 4.69) is 20.0 Å². The van der Waals surface area contributed by atoms with E-state index in [1.165, 1.54) is 0 Å². The number of imidazole rings is 1. The summed E-state index contributed by atoms with van der Waals surface area (Å²) in [6, 6.07) is -0.654. The van der Waals surface area contributed by atoms with Crippen molar-refractivity contribution in [3.8, 4) is 0 Å². The molecule has 0 saturated carbocycles. The molecule has 0 aromatic carbocycles. The topological polar surface area (TPSA) is 130 Å². The fourth-order valence-corrected chi connectivity index (χ4v) is 5.20. The molecule has 0 spiro atoms. The third kappa shape index (κ3) is 5.96.